The van der Waals surface area contributed by atoms with Crippen LogP contribution in [0, 0.1) is 0 Å². The zero-order valence-electron chi connectivity index (χ0n) is 15.4. The minimum Gasteiger partial charge on any atom is -0.342 e. The number of hydrogen-bond acceptors (Lipinski definition) is 3. The van der Waals surface area contributed by atoms with Crippen molar-refractivity contribution in [3.8, 4) is 0 Å². The van der Waals surface area contributed by atoms with Gasteiger partial charge < -0.3 is 4.57 Å². The first-order valence-electron chi connectivity index (χ1n) is 8.95. The maximum atomic E-state index is 12.4. The van der Waals surface area contributed by atoms with Gasteiger partial charge in [0.05, 0.1) is 11.1 Å². The summed E-state index contributed by atoms with van der Waals surface area (Å²) in [5, 5.41) is 5.44. The Labute approximate surface area is 174 Å². The van der Waals surface area contributed by atoms with Gasteiger partial charge in [-0.2, -0.15) is 13.5 Å². The van der Waals surface area contributed by atoms with Crippen LogP contribution in [-0.2, 0) is 16.6 Å². The molecule has 4 rings (SSSR count). The number of halogens is 1. The highest BCUT2D eigenvalue weighted by atomic mass is 35.5. The van der Waals surface area contributed by atoms with E-state index in [0.717, 1.165) is 16.5 Å². The van der Waals surface area contributed by atoms with E-state index >= 15 is 0 Å². The summed E-state index contributed by atoms with van der Waals surface area (Å²) in [5.74, 6) is 0. The Kier molecular flexibility index (Phi) is 5.38. The molecule has 0 atom stereocenters. The monoisotopic (exact) mass is 423 g/mol. The first-order valence-corrected chi connectivity index (χ1v) is 10.8. The SMILES string of the molecule is O=S(=O)(N/N=C/c1cn(Cc2ccccc2)c2ccccc12)c1ccc(Cl)cc1. The molecule has 0 aliphatic rings. The lowest BCUT2D eigenvalue weighted by Gasteiger charge is -2.05. The molecule has 5 nitrogen and oxygen atoms in total. The summed E-state index contributed by atoms with van der Waals surface area (Å²) >= 11 is 5.81. The van der Waals surface area contributed by atoms with Crippen LogP contribution in [0.25, 0.3) is 10.9 Å². The Hall–Kier alpha value is -3.09. The van der Waals surface area contributed by atoms with E-state index in [4.69, 9.17) is 11.6 Å². The average molecular weight is 424 g/mol. The van der Waals surface area contributed by atoms with Crippen LogP contribution in [0.2, 0.25) is 5.02 Å². The number of fused-ring (bicyclic) bond motifs is 1. The second-order valence-corrected chi connectivity index (χ2v) is 8.62. The predicted molar refractivity (Wildman–Crippen MR) is 117 cm³/mol. The highest BCUT2D eigenvalue weighted by Gasteiger charge is 2.12. The van der Waals surface area contributed by atoms with Crippen molar-refractivity contribution in [1.82, 2.24) is 9.40 Å². The molecule has 4 aromatic rings. The van der Waals surface area contributed by atoms with E-state index in [0.29, 0.717) is 11.6 Å². The lowest BCUT2D eigenvalue weighted by molar-refractivity contribution is 0.584. The molecule has 0 fully saturated rings. The standard InChI is InChI=1S/C22H18ClN3O2S/c23-19-10-12-20(13-11-19)29(27,28)25-24-14-18-16-26(15-17-6-2-1-3-7-17)22-9-5-4-8-21(18)22/h1-14,16,25H,15H2/b24-14+. The molecule has 0 bridgehead atoms. The molecule has 146 valence electrons. The van der Waals surface area contributed by atoms with Crippen molar-refractivity contribution >= 4 is 38.7 Å². The third-order valence-electron chi connectivity index (χ3n) is 4.52. The fourth-order valence-electron chi connectivity index (χ4n) is 3.12. The first kappa shape index (κ1) is 19.2. The van der Waals surface area contributed by atoms with E-state index in [1.54, 1.807) is 0 Å². The number of nitrogens with one attached hydrogen (secondary N) is 1. The van der Waals surface area contributed by atoms with Gasteiger partial charge in [-0.15, -0.1) is 0 Å². The van der Waals surface area contributed by atoms with Gasteiger partial charge in [0, 0.05) is 34.2 Å². The molecule has 0 unspecified atom stereocenters. The first-order chi connectivity index (χ1) is 14.0. The summed E-state index contributed by atoms with van der Waals surface area (Å²) in [4.78, 5) is 2.36. The van der Waals surface area contributed by atoms with Gasteiger partial charge in [0.25, 0.3) is 10.0 Å². The van der Waals surface area contributed by atoms with Crippen LogP contribution in [0.3, 0.4) is 0 Å². The van der Waals surface area contributed by atoms with Gasteiger partial charge in [0.15, 0.2) is 0 Å². The van der Waals surface area contributed by atoms with E-state index in [1.165, 1.54) is 36.0 Å². The minimum absolute atomic E-state index is 0.102. The number of rotatable bonds is 6. The van der Waals surface area contributed by atoms with Gasteiger partial charge in [0.2, 0.25) is 0 Å². The molecule has 3 aromatic carbocycles. The highest BCUT2D eigenvalue weighted by Crippen LogP contribution is 2.21. The van der Waals surface area contributed by atoms with Gasteiger partial charge in [-0.1, -0.05) is 60.1 Å². The number of sulfonamides is 1. The molecule has 0 aliphatic heterocycles. The van der Waals surface area contributed by atoms with Crippen molar-refractivity contribution in [2.24, 2.45) is 5.10 Å². The molecule has 1 heterocycles. The molecule has 0 radical (unpaired) electrons. The van der Waals surface area contributed by atoms with E-state index < -0.39 is 10.0 Å². The number of hydrogen-bond donors (Lipinski definition) is 1. The third-order valence-corrected chi connectivity index (χ3v) is 6.01. The molecule has 0 aliphatic carbocycles. The Bertz CT molecular complexity index is 1260. The molecular weight excluding hydrogens is 406 g/mol. The lowest BCUT2D eigenvalue weighted by Crippen LogP contribution is -2.18. The van der Waals surface area contributed by atoms with Crippen molar-refractivity contribution in [3.05, 3.63) is 101 Å². The smallest absolute Gasteiger partial charge is 0.276 e. The van der Waals surface area contributed by atoms with E-state index in [9.17, 15) is 8.42 Å². The van der Waals surface area contributed by atoms with E-state index in [2.05, 4.69) is 26.6 Å². The summed E-state index contributed by atoms with van der Waals surface area (Å²) in [6.45, 7) is 0.714. The molecule has 0 amide bonds. The van der Waals surface area contributed by atoms with Gasteiger partial charge in [-0.05, 0) is 35.9 Å². The molecule has 0 saturated heterocycles. The Morgan fingerprint density at radius 3 is 2.38 bits per heavy atom. The molecular formula is C22H18ClN3O2S. The normalized spacial score (nSPS) is 11.9. The van der Waals surface area contributed by atoms with Crippen LogP contribution < -0.4 is 4.83 Å². The number of hydrazone groups is 1. The summed E-state index contributed by atoms with van der Waals surface area (Å²) in [6.07, 6.45) is 3.50. The Balaban J connectivity index is 1.60. The second-order valence-electron chi connectivity index (χ2n) is 6.52. The van der Waals surface area contributed by atoms with Crippen molar-refractivity contribution < 1.29 is 8.42 Å². The topological polar surface area (TPSA) is 63.5 Å². The number of para-hydroxylation sites is 1. The predicted octanol–water partition coefficient (Wildman–Crippen LogP) is 4.66. The van der Waals surface area contributed by atoms with Crippen LogP contribution in [0.1, 0.15) is 11.1 Å². The molecule has 1 N–H and O–H groups in total. The summed E-state index contributed by atoms with van der Waals surface area (Å²) < 4.78 is 26.9. The maximum absolute atomic E-state index is 12.4. The number of nitrogens with zero attached hydrogens (tertiary/aromatic N) is 2. The molecule has 7 heteroatoms. The Morgan fingerprint density at radius 1 is 0.931 bits per heavy atom. The zero-order valence-corrected chi connectivity index (χ0v) is 16.9. The van der Waals surface area contributed by atoms with Crippen molar-refractivity contribution in [2.75, 3.05) is 0 Å². The zero-order chi connectivity index (χ0) is 20.3. The van der Waals surface area contributed by atoms with E-state index in [1.807, 2.05) is 48.7 Å². The lowest BCUT2D eigenvalue weighted by atomic mass is 10.2. The van der Waals surface area contributed by atoms with Crippen LogP contribution in [0.5, 0.6) is 0 Å². The Morgan fingerprint density at radius 2 is 1.62 bits per heavy atom. The molecule has 0 spiro atoms. The molecule has 0 saturated carbocycles. The van der Waals surface area contributed by atoms with Gasteiger partial charge in [-0.25, -0.2) is 4.83 Å². The van der Waals surface area contributed by atoms with Crippen molar-refractivity contribution in [2.45, 2.75) is 11.4 Å². The largest absolute Gasteiger partial charge is 0.342 e. The number of aromatic nitrogens is 1. The third kappa shape index (κ3) is 4.34. The fourth-order valence-corrected chi connectivity index (χ4v) is 4.04. The molecule has 1 aromatic heterocycles. The van der Waals surface area contributed by atoms with E-state index in [-0.39, 0.29) is 4.90 Å². The quantitative estimate of drug-likeness (QED) is 0.362. The highest BCUT2D eigenvalue weighted by molar-refractivity contribution is 7.89. The maximum Gasteiger partial charge on any atom is 0.276 e. The summed E-state index contributed by atoms with van der Waals surface area (Å²) in [7, 11) is -3.76. The summed E-state index contributed by atoms with van der Waals surface area (Å²) in [5.41, 5.74) is 3.06. The van der Waals surface area contributed by atoms with Crippen LogP contribution in [-0.4, -0.2) is 19.2 Å². The van der Waals surface area contributed by atoms with Crippen LogP contribution in [0.15, 0.2) is 95.1 Å². The van der Waals surface area contributed by atoms with Crippen molar-refractivity contribution in [3.63, 3.8) is 0 Å². The molecule has 29 heavy (non-hydrogen) atoms. The van der Waals surface area contributed by atoms with Crippen LogP contribution in [0.4, 0.5) is 0 Å². The fraction of sp³-hybridized carbons (Fsp3) is 0.0455. The number of benzene rings is 3. The van der Waals surface area contributed by atoms with Gasteiger partial charge in [-0.3, -0.25) is 0 Å². The average Bonchev–Trinajstić information content (AvgIpc) is 3.07. The second kappa shape index (κ2) is 8.11. The van der Waals surface area contributed by atoms with Crippen molar-refractivity contribution in [1.29, 1.82) is 0 Å². The summed E-state index contributed by atoms with van der Waals surface area (Å²) in [6, 6.07) is 24.0. The minimum atomic E-state index is -3.76. The van der Waals surface area contributed by atoms with Gasteiger partial charge in [0.1, 0.15) is 0 Å². The van der Waals surface area contributed by atoms with Crippen LogP contribution >= 0.6 is 11.6 Å². The van der Waals surface area contributed by atoms with Gasteiger partial charge >= 0.3 is 0 Å².